The summed E-state index contributed by atoms with van der Waals surface area (Å²) in [6, 6.07) is 21.5. The van der Waals surface area contributed by atoms with E-state index in [1.807, 2.05) is 0 Å². The molecule has 130 valence electrons. The van der Waals surface area contributed by atoms with Crippen molar-refractivity contribution in [2.45, 2.75) is 39.8 Å². The summed E-state index contributed by atoms with van der Waals surface area (Å²) >= 11 is 0. The van der Waals surface area contributed by atoms with E-state index >= 15 is 0 Å². The maximum Gasteiger partial charge on any atom is 0.0237 e. The molecule has 1 atom stereocenters. The van der Waals surface area contributed by atoms with Crippen molar-refractivity contribution in [2.75, 3.05) is 13.1 Å². The van der Waals surface area contributed by atoms with Gasteiger partial charge in [-0.1, -0.05) is 74.5 Å². The molecule has 0 aromatic heterocycles. The van der Waals surface area contributed by atoms with Crippen LogP contribution in [0.25, 0.3) is 0 Å². The predicted molar refractivity (Wildman–Crippen MR) is 104 cm³/mol. The van der Waals surface area contributed by atoms with Gasteiger partial charge in [-0.05, 0) is 48.9 Å². The Hall–Kier alpha value is -1.64. The van der Waals surface area contributed by atoms with E-state index in [9.17, 15) is 0 Å². The van der Waals surface area contributed by atoms with E-state index in [2.05, 4.69) is 79.4 Å². The topological polar surface area (TPSA) is 29.3 Å². The summed E-state index contributed by atoms with van der Waals surface area (Å²) in [5.74, 6) is 1.34. The van der Waals surface area contributed by atoms with E-state index in [0.29, 0.717) is 5.92 Å². The molecule has 2 N–H and O–H groups in total. The van der Waals surface area contributed by atoms with Crippen molar-refractivity contribution in [3.05, 3.63) is 71.8 Å². The Morgan fingerprint density at radius 2 is 1.33 bits per heavy atom. The highest BCUT2D eigenvalue weighted by Gasteiger charge is 2.13. The van der Waals surface area contributed by atoms with Crippen LogP contribution in [0.1, 0.15) is 37.8 Å². The standard InChI is InChI=1S/C22H32N2/c1-19(2)15-22(16-23)13-14-24(17-20-9-5-3-6-10-20)18-21-11-7-4-8-12-21/h3-12,19,22H,13-18,23H2,1-2H3. The first-order valence-electron chi connectivity index (χ1n) is 9.17. The minimum Gasteiger partial charge on any atom is -0.330 e. The van der Waals surface area contributed by atoms with Gasteiger partial charge in [0, 0.05) is 13.1 Å². The molecule has 0 radical (unpaired) electrons. The number of nitrogens with two attached hydrogens (primary N) is 1. The summed E-state index contributed by atoms with van der Waals surface area (Å²) in [5, 5.41) is 0. The molecule has 24 heavy (non-hydrogen) atoms. The second-order valence-electron chi connectivity index (χ2n) is 7.20. The summed E-state index contributed by atoms with van der Waals surface area (Å²) in [4.78, 5) is 2.55. The van der Waals surface area contributed by atoms with Crippen molar-refractivity contribution in [3.8, 4) is 0 Å². The predicted octanol–water partition coefficient (Wildman–Crippen LogP) is 4.70. The van der Waals surface area contributed by atoms with E-state index in [-0.39, 0.29) is 0 Å². The van der Waals surface area contributed by atoms with Gasteiger partial charge in [-0.25, -0.2) is 0 Å². The van der Waals surface area contributed by atoms with E-state index in [1.165, 1.54) is 24.0 Å². The normalized spacial score (nSPS) is 12.7. The molecule has 0 aliphatic carbocycles. The Morgan fingerprint density at radius 1 is 0.833 bits per heavy atom. The third kappa shape index (κ3) is 6.86. The number of hydrogen-bond donors (Lipinski definition) is 1. The molecule has 0 amide bonds. The van der Waals surface area contributed by atoms with Crippen LogP contribution in [0.5, 0.6) is 0 Å². The lowest BCUT2D eigenvalue weighted by atomic mass is 9.94. The molecule has 0 saturated carbocycles. The zero-order valence-corrected chi connectivity index (χ0v) is 15.2. The highest BCUT2D eigenvalue weighted by atomic mass is 15.1. The summed E-state index contributed by atoms with van der Waals surface area (Å²) in [6.45, 7) is 8.45. The van der Waals surface area contributed by atoms with Crippen LogP contribution in [-0.4, -0.2) is 18.0 Å². The molecular formula is C22H32N2. The van der Waals surface area contributed by atoms with Gasteiger partial charge < -0.3 is 5.73 Å². The van der Waals surface area contributed by atoms with Gasteiger partial charge in [-0.3, -0.25) is 4.90 Å². The van der Waals surface area contributed by atoms with Crippen LogP contribution in [0.3, 0.4) is 0 Å². The van der Waals surface area contributed by atoms with Crippen molar-refractivity contribution in [2.24, 2.45) is 17.6 Å². The molecule has 2 aromatic carbocycles. The minimum atomic E-state index is 0.624. The minimum absolute atomic E-state index is 0.624. The summed E-state index contributed by atoms with van der Waals surface area (Å²) in [5.41, 5.74) is 8.75. The zero-order valence-electron chi connectivity index (χ0n) is 15.2. The number of nitrogens with zero attached hydrogens (tertiary/aromatic N) is 1. The Balaban J connectivity index is 1.99. The van der Waals surface area contributed by atoms with Crippen LogP contribution in [-0.2, 0) is 13.1 Å². The highest BCUT2D eigenvalue weighted by Crippen LogP contribution is 2.17. The first-order chi connectivity index (χ1) is 11.7. The third-order valence-electron chi connectivity index (χ3n) is 4.49. The lowest BCUT2D eigenvalue weighted by Crippen LogP contribution is -2.28. The van der Waals surface area contributed by atoms with Gasteiger partial charge in [0.1, 0.15) is 0 Å². The van der Waals surface area contributed by atoms with Crippen molar-refractivity contribution in [1.29, 1.82) is 0 Å². The molecule has 1 unspecified atom stereocenters. The fourth-order valence-corrected chi connectivity index (χ4v) is 3.26. The van der Waals surface area contributed by atoms with Gasteiger partial charge in [-0.15, -0.1) is 0 Å². The van der Waals surface area contributed by atoms with Crippen molar-refractivity contribution in [1.82, 2.24) is 4.90 Å². The number of rotatable bonds is 10. The molecule has 2 rings (SSSR count). The Morgan fingerprint density at radius 3 is 1.75 bits per heavy atom. The van der Waals surface area contributed by atoms with Gasteiger partial charge in [0.15, 0.2) is 0 Å². The fourth-order valence-electron chi connectivity index (χ4n) is 3.26. The lowest BCUT2D eigenvalue weighted by Gasteiger charge is -2.26. The maximum absolute atomic E-state index is 5.99. The fraction of sp³-hybridized carbons (Fsp3) is 0.455. The molecular weight excluding hydrogens is 292 g/mol. The van der Waals surface area contributed by atoms with E-state index in [0.717, 1.165) is 32.1 Å². The van der Waals surface area contributed by atoms with Gasteiger partial charge in [0.2, 0.25) is 0 Å². The van der Waals surface area contributed by atoms with Crippen LogP contribution < -0.4 is 5.73 Å². The van der Waals surface area contributed by atoms with E-state index in [4.69, 9.17) is 5.73 Å². The van der Waals surface area contributed by atoms with E-state index in [1.54, 1.807) is 0 Å². The second-order valence-corrected chi connectivity index (χ2v) is 7.20. The highest BCUT2D eigenvalue weighted by molar-refractivity contribution is 5.17. The molecule has 0 spiro atoms. The third-order valence-corrected chi connectivity index (χ3v) is 4.49. The molecule has 2 heteroatoms. The van der Waals surface area contributed by atoms with Crippen LogP contribution in [0.4, 0.5) is 0 Å². The molecule has 0 aliphatic heterocycles. The molecule has 2 aromatic rings. The average molecular weight is 325 g/mol. The van der Waals surface area contributed by atoms with Crippen molar-refractivity contribution in [3.63, 3.8) is 0 Å². The van der Waals surface area contributed by atoms with Gasteiger partial charge in [0.25, 0.3) is 0 Å². The number of hydrogen-bond acceptors (Lipinski definition) is 2. The first kappa shape index (κ1) is 18.7. The molecule has 0 heterocycles. The first-order valence-corrected chi connectivity index (χ1v) is 9.17. The quantitative estimate of drug-likeness (QED) is 0.686. The van der Waals surface area contributed by atoms with Crippen molar-refractivity contribution >= 4 is 0 Å². The largest absolute Gasteiger partial charge is 0.330 e. The SMILES string of the molecule is CC(C)CC(CN)CCN(Cc1ccccc1)Cc1ccccc1. The van der Waals surface area contributed by atoms with Gasteiger partial charge >= 0.3 is 0 Å². The molecule has 0 aliphatic rings. The maximum atomic E-state index is 5.99. The van der Waals surface area contributed by atoms with Crippen LogP contribution in [0.2, 0.25) is 0 Å². The van der Waals surface area contributed by atoms with Crippen molar-refractivity contribution < 1.29 is 0 Å². The molecule has 0 bridgehead atoms. The Kier molecular flexibility index (Phi) is 8.00. The lowest BCUT2D eigenvalue weighted by molar-refractivity contribution is 0.228. The molecule has 2 nitrogen and oxygen atoms in total. The Labute approximate surface area is 147 Å². The van der Waals surface area contributed by atoms with Gasteiger partial charge in [0.05, 0.1) is 0 Å². The smallest absolute Gasteiger partial charge is 0.0237 e. The van der Waals surface area contributed by atoms with Crippen LogP contribution >= 0.6 is 0 Å². The summed E-state index contributed by atoms with van der Waals surface area (Å²) < 4.78 is 0. The van der Waals surface area contributed by atoms with Gasteiger partial charge in [-0.2, -0.15) is 0 Å². The summed E-state index contributed by atoms with van der Waals surface area (Å²) in [6.07, 6.45) is 2.40. The van der Waals surface area contributed by atoms with E-state index < -0.39 is 0 Å². The second kappa shape index (κ2) is 10.3. The molecule has 0 fully saturated rings. The zero-order chi connectivity index (χ0) is 17.2. The average Bonchev–Trinajstić information content (AvgIpc) is 2.60. The van der Waals surface area contributed by atoms with Crippen LogP contribution in [0.15, 0.2) is 60.7 Å². The Bertz CT molecular complexity index is 509. The molecule has 0 saturated heterocycles. The summed E-state index contributed by atoms with van der Waals surface area (Å²) in [7, 11) is 0. The van der Waals surface area contributed by atoms with Crippen LogP contribution in [0, 0.1) is 11.8 Å². The monoisotopic (exact) mass is 324 g/mol. The number of benzene rings is 2.